The van der Waals surface area contributed by atoms with E-state index in [1.54, 1.807) is 26.4 Å². The number of hydrogen-bond acceptors (Lipinski definition) is 7. The Morgan fingerprint density at radius 3 is 1.85 bits per heavy atom. The minimum absolute atomic E-state index is 0.144. The molecule has 2 fully saturated rings. The summed E-state index contributed by atoms with van der Waals surface area (Å²) in [5, 5.41) is 1.31. The minimum Gasteiger partial charge on any atom is -0.496 e. The van der Waals surface area contributed by atoms with Gasteiger partial charge in [-0.05, 0) is 110 Å². The number of aryl methyl sites for hydroxylation is 3. The van der Waals surface area contributed by atoms with Crippen molar-refractivity contribution in [3.8, 4) is 11.5 Å². The largest absolute Gasteiger partial charge is 0.496 e. The van der Waals surface area contributed by atoms with Crippen LogP contribution in [0.4, 0.5) is 0 Å². The summed E-state index contributed by atoms with van der Waals surface area (Å²) in [5.74, 6) is 0.531. The molecule has 8 nitrogen and oxygen atoms in total. The molecule has 1 aliphatic carbocycles. The lowest BCUT2D eigenvalue weighted by molar-refractivity contribution is -0.155. The van der Waals surface area contributed by atoms with Gasteiger partial charge in [0.2, 0.25) is 0 Å². The Morgan fingerprint density at radius 1 is 0.712 bits per heavy atom. The predicted molar refractivity (Wildman–Crippen MR) is 265 cm³/mol. The van der Waals surface area contributed by atoms with E-state index in [0.717, 1.165) is 31.5 Å². The van der Waals surface area contributed by atoms with Crippen molar-refractivity contribution < 1.29 is 28.5 Å². The molecule has 6 aromatic rings. The van der Waals surface area contributed by atoms with Crippen molar-refractivity contribution in [1.29, 1.82) is 0 Å². The molecule has 1 N–H and O–H groups in total. The number of piperidine rings is 1. The maximum atomic E-state index is 13.9. The van der Waals surface area contributed by atoms with Gasteiger partial charge < -0.3 is 23.9 Å². The second-order valence-electron chi connectivity index (χ2n) is 19.8. The lowest BCUT2D eigenvalue weighted by Gasteiger charge is -2.51. The fourth-order valence-corrected chi connectivity index (χ4v) is 10.5. The fraction of sp³-hybridized carbons (Fsp3) is 0.414. The van der Waals surface area contributed by atoms with E-state index < -0.39 is 12.1 Å². The first-order valence-corrected chi connectivity index (χ1v) is 23.6. The summed E-state index contributed by atoms with van der Waals surface area (Å²) in [5.41, 5.74) is 9.95. The number of nitrogens with one attached hydrogen (secondary N) is 1. The van der Waals surface area contributed by atoms with Crippen LogP contribution in [-0.2, 0) is 32.5 Å². The second kappa shape index (κ2) is 20.8. The average Bonchev–Trinajstić information content (AvgIpc) is 3.69. The Labute approximate surface area is 393 Å². The van der Waals surface area contributed by atoms with Crippen LogP contribution in [-0.4, -0.2) is 62.3 Å². The molecule has 5 aromatic carbocycles. The Hall–Kier alpha value is -5.86. The molecule has 66 heavy (non-hydrogen) atoms. The van der Waals surface area contributed by atoms with Gasteiger partial charge in [-0.25, -0.2) is 4.79 Å². The summed E-state index contributed by atoms with van der Waals surface area (Å²) in [6, 6.07) is 41.5. The molecule has 348 valence electrons. The Morgan fingerprint density at radius 2 is 1.30 bits per heavy atom. The number of fused-ring (bicyclic) bond motifs is 6. The zero-order valence-corrected chi connectivity index (χ0v) is 40.8. The third-order valence-corrected chi connectivity index (χ3v) is 15.0. The normalized spacial score (nSPS) is 20.2. The van der Waals surface area contributed by atoms with E-state index in [-0.39, 0.29) is 40.6 Å². The third-order valence-electron chi connectivity index (χ3n) is 15.0. The molecule has 9 rings (SSSR count). The summed E-state index contributed by atoms with van der Waals surface area (Å²) in [6.45, 7) is 17.2. The molecule has 1 saturated carbocycles. The van der Waals surface area contributed by atoms with Crippen molar-refractivity contribution in [2.75, 3.05) is 34.4 Å². The molecule has 3 heterocycles. The molecule has 5 atom stereocenters. The van der Waals surface area contributed by atoms with Crippen LogP contribution in [0.1, 0.15) is 102 Å². The smallest absolute Gasteiger partial charge is 0.338 e. The molecule has 0 bridgehead atoms. The minimum atomic E-state index is -0.441. The summed E-state index contributed by atoms with van der Waals surface area (Å²) in [6.07, 6.45) is 3.28. The summed E-state index contributed by atoms with van der Waals surface area (Å²) in [7, 11) is 4.71. The van der Waals surface area contributed by atoms with Crippen molar-refractivity contribution in [2.24, 2.45) is 23.2 Å². The molecule has 8 heteroatoms. The first-order valence-electron chi connectivity index (χ1n) is 23.6. The quantitative estimate of drug-likeness (QED) is 0.145. The van der Waals surface area contributed by atoms with Crippen LogP contribution in [0.25, 0.3) is 10.9 Å². The summed E-state index contributed by atoms with van der Waals surface area (Å²) in [4.78, 5) is 33.6. The highest BCUT2D eigenvalue weighted by Gasteiger charge is 2.50. The number of ether oxygens (including phenoxy) is 4. The maximum absolute atomic E-state index is 13.9. The van der Waals surface area contributed by atoms with Gasteiger partial charge >= 0.3 is 11.9 Å². The number of hydrogen-bond donors (Lipinski definition) is 1. The first-order chi connectivity index (χ1) is 31.6. The number of esters is 2. The molecule has 2 aliphatic heterocycles. The zero-order chi connectivity index (χ0) is 47.2. The van der Waals surface area contributed by atoms with E-state index in [9.17, 15) is 9.59 Å². The van der Waals surface area contributed by atoms with Crippen LogP contribution in [0.2, 0.25) is 0 Å². The average molecular weight is 891 g/mol. The van der Waals surface area contributed by atoms with Gasteiger partial charge in [0.25, 0.3) is 0 Å². The number of nitrogens with zero attached hydrogens (tertiary/aromatic N) is 1. The number of methoxy groups -OCH3 is 3. The van der Waals surface area contributed by atoms with E-state index in [1.165, 1.54) is 51.5 Å². The Kier molecular flexibility index (Phi) is 15.1. The lowest BCUT2D eigenvalue weighted by Crippen LogP contribution is -2.52. The van der Waals surface area contributed by atoms with Gasteiger partial charge in [-0.3, -0.25) is 9.69 Å². The number of rotatable bonds is 9. The van der Waals surface area contributed by atoms with Crippen LogP contribution in [0.5, 0.6) is 11.5 Å². The zero-order valence-electron chi connectivity index (χ0n) is 40.8. The van der Waals surface area contributed by atoms with Crippen molar-refractivity contribution in [2.45, 2.75) is 98.1 Å². The van der Waals surface area contributed by atoms with E-state index in [1.807, 2.05) is 42.5 Å². The van der Waals surface area contributed by atoms with Gasteiger partial charge in [-0.1, -0.05) is 142 Å². The van der Waals surface area contributed by atoms with Crippen LogP contribution >= 0.6 is 0 Å². The fourth-order valence-electron chi connectivity index (χ4n) is 10.5. The topological polar surface area (TPSA) is 90.1 Å². The van der Waals surface area contributed by atoms with Gasteiger partial charge in [0, 0.05) is 35.2 Å². The maximum Gasteiger partial charge on any atom is 0.338 e. The van der Waals surface area contributed by atoms with Gasteiger partial charge in [0.05, 0.1) is 38.9 Å². The molecule has 0 radical (unpaired) electrons. The van der Waals surface area contributed by atoms with Gasteiger partial charge in [0.1, 0.15) is 17.6 Å². The number of aromatic nitrogens is 1. The van der Waals surface area contributed by atoms with E-state index in [2.05, 4.69) is 125 Å². The van der Waals surface area contributed by atoms with Crippen LogP contribution < -0.4 is 9.47 Å². The number of carbonyl (C=O) groups excluding carboxylic acids is 2. The highest BCUT2D eigenvalue weighted by Crippen LogP contribution is 2.51. The number of aromatic amines is 1. The molecular formula is C58H70N2O6. The third kappa shape index (κ3) is 10.5. The molecule has 0 amide bonds. The predicted octanol–water partition coefficient (Wildman–Crippen LogP) is 12.4. The van der Waals surface area contributed by atoms with E-state index in [0.29, 0.717) is 36.3 Å². The van der Waals surface area contributed by atoms with Gasteiger partial charge in [-0.2, -0.15) is 0 Å². The molecule has 0 spiro atoms. The van der Waals surface area contributed by atoms with Crippen molar-refractivity contribution in [1.82, 2.24) is 9.88 Å². The Balaban J connectivity index is 0.000000394. The number of H-pyrrole nitrogens is 1. The summed E-state index contributed by atoms with van der Waals surface area (Å²) >= 11 is 0. The van der Waals surface area contributed by atoms with E-state index in [4.69, 9.17) is 18.9 Å². The van der Waals surface area contributed by atoms with Gasteiger partial charge in [-0.15, -0.1) is 0 Å². The van der Waals surface area contributed by atoms with Crippen LogP contribution in [0, 0.1) is 43.9 Å². The molecule has 1 saturated heterocycles. The SMILES string of the molecule is COC(=O)C1CC(OC(=O)c2cc(OC)c(CC(C)(C)C(C)(C)c3ccccc3)c(OC)c2)CC2CN3CCc4c([nH]c5cc(C)ccc45)C3CC21.Cc1ccccc1.Cc1ccccc1. The van der Waals surface area contributed by atoms with E-state index >= 15 is 0 Å². The van der Waals surface area contributed by atoms with Crippen LogP contribution in [0.3, 0.4) is 0 Å². The molecule has 1 aromatic heterocycles. The number of carbonyl (C=O) groups is 2. The van der Waals surface area contributed by atoms with Crippen molar-refractivity contribution >= 4 is 22.8 Å². The second-order valence-corrected chi connectivity index (χ2v) is 19.8. The number of benzene rings is 5. The molecular weight excluding hydrogens is 821 g/mol. The molecule has 5 unspecified atom stereocenters. The highest BCUT2D eigenvalue weighted by atomic mass is 16.5. The lowest BCUT2D eigenvalue weighted by atomic mass is 9.61. The summed E-state index contributed by atoms with van der Waals surface area (Å²) < 4.78 is 23.5. The Bertz CT molecular complexity index is 2500. The van der Waals surface area contributed by atoms with Crippen LogP contribution in [0.15, 0.2) is 121 Å². The monoisotopic (exact) mass is 891 g/mol. The molecule has 3 aliphatic rings. The standard InChI is InChI=1S/C44H54N2O6.2C7H8/c1-26-14-15-31-32-16-17-46-25-28-19-30(22-34(42(48)51-8)33(28)23-37(46)40(32)45-36(31)18-26)52-41(47)27-20-38(49-6)35(39(21-27)50-7)24-43(2,3)44(4,5)29-12-10-9-11-13-29;2*1-7-5-3-2-4-6-7/h9-15,18,20-21,28,30,33-34,37,45H,16-17,19,22-25H2,1-8H3;2*2-6H,1H3. The van der Waals surface area contributed by atoms with Crippen molar-refractivity contribution in [3.63, 3.8) is 0 Å². The first kappa shape index (κ1) is 48.1. The highest BCUT2D eigenvalue weighted by molar-refractivity contribution is 5.91. The van der Waals surface area contributed by atoms with Crippen molar-refractivity contribution in [3.05, 3.63) is 166 Å². The van der Waals surface area contributed by atoms with Gasteiger partial charge in [0.15, 0.2) is 0 Å².